The van der Waals surface area contributed by atoms with Crippen molar-refractivity contribution in [3.8, 4) is 12.8 Å². The predicted molar refractivity (Wildman–Crippen MR) is 20.9 cm³/mol. The van der Waals surface area contributed by atoms with E-state index in [2.05, 4.69) is 19.8 Å². The molecular weight excluding hydrogens is 55.0 g/mol. The molecule has 24 valence electrons. The summed E-state index contributed by atoms with van der Waals surface area (Å²) < 4.78 is 0. The molecule has 0 heterocycles. The molecule has 0 amide bonds. The second kappa shape index (κ2) is 1670. The van der Waals surface area contributed by atoms with Crippen LogP contribution in [0.25, 0.3) is 0 Å². The fraction of sp³-hybridized carbons (Fsp3) is 0.250. The fourth-order valence-electron chi connectivity index (χ4n) is 0. The molecule has 0 aromatic carbocycles. The maximum Gasteiger partial charge on any atom is 1.00 e. The van der Waals surface area contributed by atoms with Gasteiger partial charge in [0.15, 0.2) is 0 Å². The predicted octanol–water partition coefficient (Wildman–Crippen LogP) is -1.91. The Kier molecular flexibility index (Phi) is 6410. The summed E-state index contributed by atoms with van der Waals surface area (Å²) in [5, 5.41) is 0. The van der Waals surface area contributed by atoms with E-state index >= 15 is 0 Å². The molecule has 0 spiro atoms. The summed E-state index contributed by atoms with van der Waals surface area (Å²) in [5.74, 6) is 0. The zero-order valence-corrected chi connectivity index (χ0v) is 3.86. The Hall–Kier alpha value is 0.157. The molecule has 0 radical (unpaired) electrons. The molecule has 0 aliphatic rings. The molecular formula is C4H7Li. The van der Waals surface area contributed by atoms with E-state index in [9.17, 15) is 0 Å². The maximum atomic E-state index is 4.00. The third-order valence-corrected chi connectivity index (χ3v) is 0. The summed E-state index contributed by atoms with van der Waals surface area (Å²) in [6.07, 6.45) is 8.00. The van der Waals surface area contributed by atoms with Crippen LogP contribution in [0.3, 0.4) is 0 Å². The molecule has 0 aromatic heterocycles. The first-order valence-corrected chi connectivity index (χ1v) is 1.04. The van der Waals surface area contributed by atoms with E-state index in [1.165, 1.54) is 0 Å². The molecule has 0 unspecified atom stereocenters. The molecule has 0 saturated carbocycles. The van der Waals surface area contributed by atoms with Crippen molar-refractivity contribution in [1.82, 2.24) is 0 Å². The van der Waals surface area contributed by atoms with Crippen LogP contribution < -0.4 is 18.9 Å². The third kappa shape index (κ3) is 781. The standard InChI is InChI=1S/C2H5.C2H2.Li/c2*1-2;/h1H2,2H3;1-2H;/q-1;;+1. The Bertz CT molecular complexity index is 8.36. The number of hydrogen-bond acceptors (Lipinski definition) is 0. The van der Waals surface area contributed by atoms with Crippen molar-refractivity contribution in [3.05, 3.63) is 6.92 Å². The molecule has 0 nitrogen and oxygen atoms in total. The third-order valence-electron chi connectivity index (χ3n) is 0. The minimum absolute atomic E-state index is 0. The van der Waals surface area contributed by atoms with Crippen LogP contribution in [-0.4, -0.2) is 0 Å². The van der Waals surface area contributed by atoms with Crippen LogP contribution in [0.15, 0.2) is 0 Å². The Labute approximate surface area is 46.1 Å². The molecule has 0 N–H and O–H groups in total. The van der Waals surface area contributed by atoms with Gasteiger partial charge in [-0.15, -0.1) is 12.8 Å². The van der Waals surface area contributed by atoms with Crippen LogP contribution in [0, 0.1) is 19.8 Å². The molecule has 0 saturated heterocycles. The van der Waals surface area contributed by atoms with Crippen LogP contribution in [0.1, 0.15) is 6.92 Å². The zero-order valence-electron chi connectivity index (χ0n) is 3.86. The van der Waals surface area contributed by atoms with Gasteiger partial charge in [0, 0.05) is 0 Å². The SMILES string of the molecule is C#C.[CH2-]C.[Li+]. The van der Waals surface area contributed by atoms with Gasteiger partial charge in [-0.05, 0) is 0 Å². The van der Waals surface area contributed by atoms with Crippen LogP contribution in [0.4, 0.5) is 0 Å². The quantitative estimate of drug-likeness (QED) is 0.174. The minimum Gasteiger partial charge on any atom is -0.346 e. The van der Waals surface area contributed by atoms with E-state index in [1.54, 1.807) is 6.92 Å². The molecule has 5 heavy (non-hydrogen) atoms. The Morgan fingerprint density at radius 2 is 1.20 bits per heavy atom. The van der Waals surface area contributed by atoms with Gasteiger partial charge in [-0.2, -0.15) is 6.92 Å². The summed E-state index contributed by atoms with van der Waals surface area (Å²) in [4.78, 5) is 0. The van der Waals surface area contributed by atoms with E-state index in [-0.39, 0.29) is 18.9 Å². The van der Waals surface area contributed by atoms with Crippen LogP contribution in [0.2, 0.25) is 0 Å². The number of terminal acetylenes is 1. The van der Waals surface area contributed by atoms with Crippen LogP contribution in [0.5, 0.6) is 0 Å². The largest absolute Gasteiger partial charge is 1.00 e. The normalized spacial score (nSPS) is 1.60. The van der Waals surface area contributed by atoms with Gasteiger partial charge >= 0.3 is 18.9 Å². The molecule has 0 rings (SSSR count). The Balaban J connectivity index is -0.0000000133. The number of hydrogen-bond donors (Lipinski definition) is 0. The van der Waals surface area contributed by atoms with Gasteiger partial charge in [0.2, 0.25) is 0 Å². The summed E-state index contributed by atoms with van der Waals surface area (Å²) in [6, 6.07) is 0. The average molecular weight is 62.0 g/mol. The van der Waals surface area contributed by atoms with Gasteiger partial charge in [-0.3, -0.25) is 0 Å². The molecule has 0 aromatic rings. The van der Waals surface area contributed by atoms with Gasteiger partial charge < -0.3 is 6.92 Å². The van der Waals surface area contributed by atoms with E-state index in [0.717, 1.165) is 0 Å². The van der Waals surface area contributed by atoms with Crippen molar-refractivity contribution < 1.29 is 18.9 Å². The summed E-state index contributed by atoms with van der Waals surface area (Å²) in [6.45, 7) is 5.00. The second-order valence-corrected chi connectivity index (χ2v) is 0. The smallest absolute Gasteiger partial charge is 0.346 e. The molecule has 0 aliphatic carbocycles. The molecule has 1 heteroatoms. The van der Waals surface area contributed by atoms with Gasteiger partial charge in [-0.1, -0.05) is 0 Å². The van der Waals surface area contributed by atoms with E-state index in [4.69, 9.17) is 0 Å². The monoisotopic (exact) mass is 62.1 g/mol. The number of rotatable bonds is 0. The zero-order chi connectivity index (χ0) is 4.00. The van der Waals surface area contributed by atoms with Gasteiger partial charge in [0.1, 0.15) is 0 Å². The first-order valence-electron chi connectivity index (χ1n) is 1.04. The van der Waals surface area contributed by atoms with Crippen molar-refractivity contribution in [2.24, 2.45) is 0 Å². The molecule has 0 fully saturated rings. The first-order chi connectivity index (χ1) is 2.00. The Morgan fingerprint density at radius 1 is 1.20 bits per heavy atom. The summed E-state index contributed by atoms with van der Waals surface area (Å²) in [5.41, 5.74) is 0. The van der Waals surface area contributed by atoms with Crippen molar-refractivity contribution in [3.63, 3.8) is 0 Å². The second-order valence-electron chi connectivity index (χ2n) is 0. The molecule has 0 bridgehead atoms. The van der Waals surface area contributed by atoms with Gasteiger partial charge in [-0.25, -0.2) is 0 Å². The summed E-state index contributed by atoms with van der Waals surface area (Å²) >= 11 is 0. The first kappa shape index (κ1) is 19.2. The molecule has 0 atom stereocenters. The maximum absolute atomic E-state index is 4.00. The van der Waals surface area contributed by atoms with Crippen molar-refractivity contribution in [2.75, 3.05) is 0 Å². The van der Waals surface area contributed by atoms with Crippen molar-refractivity contribution in [1.29, 1.82) is 0 Å². The van der Waals surface area contributed by atoms with E-state index in [1.807, 2.05) is 0 Å². The van der Waals surface area contributed by atoms with Gasteiger partial charge in [0.05, 0.1) is 0 Å². The fourth-order valence-corrected chi connectivity index (χ4v) is 0. The van der Waals surface area contributed by atoms with Crippen LogP contribution >= 0.6 is 0 Å². The summed E-state index contributed by atoms with van der Waals surface area (Å²) in [7, 11) is 0. The van der Waals surface area contributed by atoms with Crippen molar-refractivity contribution in [2.45, 2.75) is 6.92 Å². The van der Waals surface area contributed by atoms with Gasteiger partial charge in [0.25, 0.3) is 0 Å². The Morgan fingerprint density at radius 3 is 1.20 bits per heavy atom. The molecule has 0 aliphatic heterocycles. The topological polar surface area (TPSA) is 0 Å². The van der Waals surface area contributed by atoms with E-state index in [0.29, 0.717) is 0 Å². The van der Waals surface area contributed by atoms with E-state index < -0.39 is 0 Å². The van der Waals surface area contributed by atoms with Crippen molar-refractivity contribution >= 4 is 0 Å². The minimum atomic E-state index is 0. The average Bonchev–Trinajstić information content (AvgIpc) is 1.50. The van der Waals surface area contributed by atoms with Crippen LogP contribution in [-0.2, 0) is 0 Å².